The second-order valence-corrected chi connectivity index (χ2v) is 3.40. The highest BCUT2D eigenvalue weighted by Crippen LogP contribution is 1.94. The van der Waals surface area contributed by atoms with Gasteiger partial charge in [0, 0.05) is 6.42 Å². The number of halogens is 2. The maximum absolute atomic E-state index is 5.02. The zero-order valence-electron chi connectivity index (χ0n) is 6.73. The van der Waals surface area contributed by atoms with E-state index in [0.29, 0.717) is 6.61 Å². The van der Waals surface area contributed by atoms with Gasteiger partial charge in [0.05, 0.1) is 46.2 Å². The minimum absolute atomic E-state index is 0. The van der Waals surface area contributed by atoms with Crippen molar-refractivity contribution in [2.24, 2.45) is 0 Å². The lowest BCUT2D eigenvalue weighted by Gasteiger charge is -2.23. The molecule has 10 heavy (non-hydrogen) atoms. The van der Waals surface area contributed by atoms with Crippen molar-refractivity contribution in [3.05, 3.63) is 0 Å². The summed E-state index contributed by atoms with van der Waals surface area (Å²) in [4.78, 5) is 0. The van der Waals surface area contributed by atoms with Gasteiger partial charge in [0.15, 0.2) is 0 Å². The minimum Gasteiger partial charge on any atom is -1.00 e. The molecule has 0 spiro atoms. The van der Waals surface area contributed by atoms with Gasteiger partial charge in [-0.15, -0.1) is 0 Å². The van der Waals surface area contributed by atoms with Crippen molar-refractivity contribution in [3.8, 4) is 0 Å². The largest absolute Gasteiger partial charge is 1.00 e. The molecule has 0 saturated carbocycles. The fourth-order valence-corrected chi connectivity index (χ4v) is 0.703. The van der Waals surface area contributed by atoms with Crippen LogP contribution in [0.4, 0.5) is 0 Å². The zero-order valence-corrected chi connectivity index (χ0v) is 8.24. The Balaban J connectivity index is 0. The number of hydrogen-bond donors (Lipinski definition) is 0. The van der Waals surface area contributed by atoms with Gasteiger partial charge in [0.2, 0.25) is 0 Å². The van der Waals surface area contributed by atoms with E-state index >= 15 is 0 Å². The smallest absolute Gasteiger partial charge is 0.0803 e. The Hall–Kier alpha value is 0.500. The van der Waals surface area contributed by atoms with Gasteiger partial charge in [-0.3, -0.25) is 4.29 Å². The van der Waals surface area contributed by atoms with E-state index in [2.05, 4.69) is 25.4 Å². The summed E-state index contributed by atoms with van der Waals surface area (Å²) in [5, 5.41) is 0. The van der Waals surface area contributed by atoms with Crippen molar-refractivity contribution in [1.82, 2.24) is 0 Å². The SMILES string of the molecule is C[N+](C)(C)CCCOCl.[Cl-]. The van der Waals surface area contributed by atoms with E-state index in [1.54, 1.807) is 0 Å². The second-order valence-electron chi connectivity index (χ2n) is 3.18. The molecular weight excluding hydrogens is 173 g/mol. The molecule has 0 radical (unpaired) electrons. The van der Waals surface area contributed by atoms with E-state index < -0.39 is 0 Å². The van der Waals surface area contributed by atoms with Crippen LogP contribution in [0.1, 0.15) is 6.42 Å². The highest BCUT2D eigenvalue weighted by Gasteiger charge is 2.04. The van der Waals surface area contributed by atoms with Crippen LogP contribution in [0, 0.1) is 0 Å². The number of nitrogens with zero attached hydrogens (tertiary/aromatic N) is 1. The Bertz CT molecular complexity index is 72.6. The molecule has 0 aromatic rings. The molecule has 0 aliphatic heterocycles. The molecule has 0 aromatic heterocycles. The maximum Gasteiger partial charge on any atom is 0.0803 e. The van der Waals surface area contributed by atoms with Gasteiger partial charge in [-0.05, 0) is 0 Å². The van der Waals surface area contributed by atoms with Crippen LogP contribution in [0.25, 0.3) is 0 Å². The molecule has 0 aromatic carbocycles. The fourth-order valence-electron chi connectivity index (χ4n) is 0.593. The topological polar surface area (TPSA) is 9.23 Å². The van der Waals surface area contributed by atoms with Gasteiger partial charge >= 0.3 is 0 Å². The summed E-state index contributed by atoms with van der Waals surface area (Å²) in [6.07, 6.45) is 1.02. The number of hydrogen-bond acceptors (Lipinski definition) is 1. The summed E-state index contributed by atoms with van der Waals surface area (Å²) in [6.45, 7) is 1.75. The minimum atomic E-state index is 0. The number of quaternary nitrogens is 1. The van der Waals surface area contributed by atoms with E-state index in [1.165, 1.54) is 0 Å². The van der Waals surface area contributed by atoms with Crippen LogP contribution in [-0.2, 0) is 4.29 Å². The summed E-state index contributed by atoms with van der Waals surface area (Å²) in [5.74, 6) is 0. The molecule has 0 bridgehead atoms. The Kier molecular flexibility index (Phi) is 8.17. The van der Waals surface area contributed by atoms with Gasteiger partial charge in [-0.1, -0.05) is 0 Å². The normalized spacial score (nSPS) is 10.8. The van der Waals surface area contributed by atoms with Crippen LogP contribution < -0.4 is 12.4 Å². The Morgan fingerprint density at radius 2 is 1.80 bits per heavy atom. The van der Waals surface area contributed by atoms with Crippen LogP contribution in [0.5, 0.6) is 0 Å². The molecule has 0 heterocycles. The molecule has 0 atom stereocenters. The molecule has 4 heteroatoms. The third-order valence-corrected chi connectivity index (χ3v) is 1.20. The fraction of sp³-hybridized carbons (Fsp3) is 1.00. The Labute approximate surface area is 74.3 Å². The molecule has 0 amide bonds. The average Bonchev–Trinajstić information content (AvgIpc) is 1.63. The molecule has 0 aliphatic carbocycles. The van der Waals surface area contributed by atoms with E-state index in [-0.39, 0.29) is 12.4 Å². The summed E-state index contributed by atoms with van der Waals surface area (Å²) in [6, 6.07) is 0. The van der Waals surface area contributed by atoms with E-state index in [9.17, 15) is 0 Å². The first-order valence-electron chi connectivity index (χ1n) is 3.10. The van der Waals surface area contributed by atoms with Crippen molar-refractivity contribution in [2.75, 3.05) is 34.3 Å². The van der Waals surface area contributed by atoms with Crippen molar-refractivity contribution < 1.29 is 21.2 Å². The molecule has 2 nitrogen and oxygen atoms in total. The van der Waals surface area contributed by atoms with Crippen molar-refractivity contribution in [2.45, 2.75) is 6.42 Å². The molecular formula is C6H15Cl2NO. The predicted octanol–water partition coefficient (Wildman–Crippen LogP) is -1.74. The van der Waals surface area contributed by atoms with Crippen LogP contribution >= 0.6 is 11.9 Å². The van der Waals surface area contributed by atoms with Crippen LogP contribution in [-0.4, -0.2) is 38.8 Å². The average molecular weight is 188 g/mol. The van der Waals surface area contributed by atoms with E-state index in [4.69, 9.17) is 11.9 Å². The van der Waals surface area contributed by atoms with Crippen LogP contribution in [0.2, 0.25) is 0 Å². The van der Waals surface area contributed by atoms with E-state index in [0.717, 1.165) is 17.4 Å². The molecule has 0 saturated heterocycles. The lowest BCUT2D eigenvalue weighted by Crippen LogP contribution is -3.00. The lowest BCUT2D eigenvalue weighted by atomic mass is 10.4. The quantitative estimate of drug-likeness (QED) is 0.376. The third-order valence-electron chi connectivity index (χ3n) is 1.05. The monoisotopic (exact) mass is 187 g/mol. The molecule has 0 N–H and O–H groups in total. The zero-order chi connectivity index (χ0) is 7.33. The first-order chi connectivity index (χ1) is 4.06. The first-order valence-corrected chi connectivity index (χ1v) is 3.41. The highest BCUT2D eigenvalue weighted by molar-refractivity contribution is 6.07. The third kappa shape index (κ3) is 11.3. The Morgan fingerprint density at radius 1 is 1.30 bits per heavy atom. The highest BCUT2D eigenvalue weighted by atomic mass is 35.5. The number of rotatable bonds is 4. The molecule has 0 aliphatic rings. The van der Waals surface area contributed by atoms with Crippen molar-refractivity contribution >= 4 is 11.9 Å². The van der Waals surface area contributed by atoms with Gasteiger partial charge in [-0.2, -0.15) is 0 Å². The first kappa shape index (κ1) is 13.1. The van der Waals surface area contributed by atoms with E-state index in [1.807, 2.05) is 0 Å². The molecule has 0 unspecified atom stereocenters. The van der Waals surface area contributed by atoms with Gasteiger partial charge in [0.1, 0.15) is 0 Å². The Morgan fingerprint density at radius 3 is 2.10 bits per heavy atom. The molecule has 0 fully saturated rings. The molecule has 0 rings (SSSR count). The standard InChI is InChI=1S/C6H15ClNO.ClH/c1-8(2,3)5-4-6-9-7;/h4-6H2,1-3H3;1H/q+1;/p-1. The summed E-state index contributed by atoms with van der Waals surface area (Å²) in [7, 11) is 6.44. The van der Waals surface area contributed by atoms with Crippen LogP contribution in [0.3, 0.4) is 0 Å². The molecule has 64 valence electrons. The van der Waals surface area contributed by atoms with Gasteiger partial charge in [0.25, 0.3) is 0 Å². The van der Waals surface area contributed by atoms with Gasteiger partial charge in [-0.25, -0.2) is 0 Å². The second kappa shape index (κ2) is 6.23. The summed E-state index contributed by atoms with van der Waals surface area (Å²) < 4.78 is 5.37. The maximum atomic E-state index is 5.02. The van der Waals surface area contributed by atoms with Crippen LogP contribution in [0.15, 0.2) is 0 Å². The lowest BCUT2D eigenvalue weighted by molar-refractivity contribution is -0.870. The predicted molar refractivity (Wildman–Crippen MR) is 39.3 cm³/mol. The summed E-state index contributed by atoms with van der Waals surface area (Å²) in [5.41, 5.74) is 0. The van der Waals surface area contributed by atoms with Crippen molar-refractivity contribution in [3.63, 3.8) is 0 Å². The van der Waals surface area contributed by atoms with Gasteiger partial charge < -0.3 is 16.9 Å². The van der Waals surface area contributed by atoms with Crippen molar-refractivity contribution in [1.29, 1.82) is 0 Å². The summed E-state index contributed by atoms with van der Waals surface area (Å²) >= 11 is 5.02.